The zero-order valence-electron chi connectivity index (χ0n) is 14.1. The van der Waals surface area contributed by atoms with Crippen LogP contribution in [0.4, 0.5) is 0 Å². The van der Waals surface area contributed by atoms with E-state index in [0.717, 1.165) is 0 Å². The topological polar surface area (TPSA) is 152 Å². The number of methoxy groups -OCH3 is 1. The van der Waals surface area contributed by atoms with E-state index in [4.69, 9.17) is 9.66 Å². The molecule has 4 atom stereocenters. The molecule has 0 heterocycles. The molecular weight excluding hydrogens is 376 g/mol. The number of esters is 1. The van der Waals surface area contributed by atoms with Gasteiger partial charge in [-0.1, -0.05) is 0 Å². The predicted molar refractivity (Wildman–Crippen MR) is 88.3 cm³/mol. The van der Waals surface area contributed by atoms with E-state index < -0.39 is 37.1 Å². The van der Waals surface area contributed by atoms with Gasteiger partial charge in [0, 0.05) is 6.26 Å². The van der Waals surface area contributed by atoms with Gasteiger partial charge < -0.3 is 9.84 Å². The number of carbonyl (C=O) groups excluding carboxylic acids is 1. The third-order valence-corrected chi connectivity index (χ3v) is 7.59. The van der Waals surface area contributed by atoms with E-state index in [2.05, 4.69) is 4.74 Å². The zero-order valence-corrected chi connectivity index (χ0v) is 15.8. The second-order valence-corrected chi connectivity index (χ2v) is 10.5. The van der Waals surface area contributed by atoms with E-state index in [1.807, 2.05) is 0 Å². The molecule has 2 rings (SSSR count). The lowest BCUT2D eigenvalue weighted by molar-refractivity contribution is -0.145. The lowest BCUT2D eigenvalue weighted by Gasteiger charge is -2.07. The molecule has 2 aliphatic carbocycles. The SMILES string of the molecule is COC(=O)C1CCC(S(C)(=O)=O)C1.O=C(O)C1CCC(S(=O)(=O)O)C1. The highest BCUT2D eigenvalue weighted by Gasteiger charge is 2.36. The number of carboxylic acids is 1. The third kappa shape index (κ3) is 6.55. The predicted octanol–water partition coefficient (Wildman–Crippen LogP) is 0.500. The van der Waals surface area contributed by atoms with Crippen LogP contribution in [0.2, 0.25) is 0 Å². The lowest BCUT2D eigenvalue weighted by Crippen LogP contribution is -2.19. The van der Waals surface area contributed by atoms with E-state index in [0.29, 0.717) is 25.7 Å². The average Bonchev–Trinajstić information content (AvgIpc) is 3.15. The zero-order chi connectivity index (χ0) is 19.4. The smallest absolute Gasteiger partial charge is 0.308 e. The van der Waals surface area contributed by atoms with Gasteiger partial charge in [-0.25, -0.2) is 8.42 Å². The Hall–Kier alpha value is -1.20. The quantitative estimate of drug-likeness (QED) is 0.507. The number of sulfone groups is 1. The van der Waals surface area contributed by atoms with Crippen LogP contribution in [0.25, 0.3) is 0 Å². The monoisotopic (exact) mass is 400 g/mol. The molecule has 2 fully saturated rings. The van der Waals surface area contributed by atoms with Crippen LogP contribution in [0, 0.1) is 11.8 Å². The summed E-state index contributed by atoms with van der Waals surface area (Å²) in [5.74, 6) is -2.10. The fourth-order valence-corrected chi connectivity index (χ4v) is 5.20. The molecule has 0 bridgehead atoms. The Morgan fingerprint density at radius 2 is 1.40 bits per heavy atom. The van der Waals surface area contributed by atoms with E-state index in [1.165, 1.54) is 13.4 Å². The van der Waals surface area contributed by atoms with Gasteiger partial charge in [0.2, 0.25) is 0 Å². The van der Waals surface area contributed by atoms with Crippen LogP contribution in [-0.4, -0.2) is 62.3 Å². The number of hydrogen-bond acceptors (Lipinski definition) is 7. The van der Waals surface area contributed by atoms with Gasteiger partial charge >= 0.3 is 11.9 Å². The van der Waals surface area contributed by atoms with Gasteiger partial charge in [-0.2, -0.15) is 8.42 Å². The van der Waals surface area contributed by atoms with Crippen molar-refractivity contribution >= 4 is 31.9 Å². The summed E-state index contributed by atoms with van der Waals surface area (Å²) in [5.41, 5.74) is 0. The lowest BCUT2D eigenvalue weighted by atomic mass is 10.1. The van der Waals surface area contributed by atoms with Crippen LogP contribution >= 0.6 is 0 Å². The summed E-state index contributed by atoms with van der Waals surface area (Å²) >= 11 is 0. The van der Waals surface area contributed by atoms with Crippen molar-refractivity contribution in [2.45, 2.75) is 49.0 Å². The number of carboxylic acid groups (broad SMARTS) is 1. The van der Waals surface area contributed by atoms with Gasteiger partial charge in [0.1, 0.15) is 9.84 Å². The number of aliphatic carboxylic acids is 1. The van der Waals surface area contributed by atoms with Gasteiger partial charge in [0.25, 0.3) is 10.1 Å². The summed E-state index contributed by atoms with van der Waals surface area (Å²) in [5, 5.41) is 7.29. The van der Waals surface area contributed by atoms with Gasteiger partial charge in [-0.3, -0.25) is 14.1 Å². The summed E-state index contributed by atoms with van der Waals surface area (Å²) in [6.07, 6.45) is 3.47. The van der Waals surface area contributed by atoms with Crippen LogP contribution in [0.1, 0.15) is 38.5 Å². The van der Waals surface area contributed by atoms with E-state index in [9.17, 15) is 26.4 Å². The number of hydrogen-bond donors (Lipinski definition) is 2. The molecule has 11 heteroatoms. The average molecular weight is 400 g/mol. The van der Waals surface area contributed by atoms with Crippen molar-refractivity contribution in [2.75, 3.05) is 13.4 Å². The molecule has 0 aromatic carbocycles. The second kappa shape index (κ2) is 8.45. The minimum atomic E-state index is -4.03. The van der Waals surface area contributed by atoms with Gasteiger partial charge in [0.15, 0.2) is 0 Å². The molecule has 2 aliphatic rings. The maximum atomic E-state index is 11.1. The Labute approximate surface area is 147 Å². The van der Waals surface area contributed by atoms with Gasteiger partial charge in [-0.15, -0.1) is 0 Å². The highest BCUT2D eigenvalue weighted by atomic mass is 32.2. The molecular formula is C14H24O9S2. The molecule has 146 valence electrons. The minimum Gasteiger partial charge on any atom is -0.481 e. The van der Waals surface area contributed by atoms with Crippen molar-refractivity contribution in [1.29, 1.82) is 0 Å². The minimum absolute atomic E-state index is 0.0359. The van der Waals surface area contributed by atoms with Crippen LogP contribution in [0.15, 0.2) is 0 Å². The molecule has 9 nitrogen and oxygen atoms in total. The molecule has 0 saturated heterocycles. The van der Waals surface area contributed by atoms with Gasteiger partial charge in [-0.05, 0) is 38.5 Å². The standard InChI is InChI=1S/C8H14O4S.C6H10O5S/c1-12-8(9)6-3-4-7(5-6)13(2,10)11;7-6(8)4-1-2-5(3-4)12(9,10)11/h6-7H,3-5H2,1-2H3;4-5H,1-3H2,(H,7,8)(H,9,10,11). The first-order valence-corrected chi connectivity index (χ1v) is 11.3. The van der Waals surface area contributed by atoms with Crippen molar-refractivity contribution in [3.63, 3.8) is 0 Å². The van der Waals surface area contributed by atoms with E-state index in [-0.39, 0.29) is 30.0 Å². The largest absolute Gasteiger partial charge is 0.481 e. The van der Waals surface area contributed by atoms with Gasteiger partial charge in [0.05, 0.1) is 29.4 Å². The summed E-state index contributed by atoms with van der Waals surface area (Å²) in [6.45, 7) is 0. The Bertz CT molecular complexity index is 696. The number of ether oxygens (including phenoxy) is 1. The molecule has 0 radical (unpaired) electrons. The Kier molecular flexibility index (Phi) is 7.39. The van der Waals surface area contributed by atoms with Crippen LogP contribution in [0.3, 0.4) is 0 Å². The van der Waals surface area contributed by atoms with Crippen molar-refractivity contribution in [3.8, 4) is 0 Å². The Morgan fingerprint density at radius 3 is 1.72 bits per heavy atom. The number of carbonyl (C=O) groups is 2. The number of rotatable bonds is 4. The second-order valence-electron chi connectivity index (χ2n) is 6.47. The summed E-state index contributed by atoms with van der Waals surface area (Å²) in [7, 11) is -5.69. The molecule has 0 aromatic heterocycles. The van der Waals surface area contributed by atoms with Crippen LogP contribution in [0.5, 0.6) is 0 Å². The summed E-state index contributed by atoms with van der Waals surface area (Å²) in [6, 6.07) is 0. The molecule has 2 saturated carbocycles. The van der Waals surface area contributed by atoms with Crippen LogP contribution in [-0.2, 0) is 34.3 Å². The first kappa shape index (κ1) is 21.8. The normalized spacial score (nSPS) is 29.6. The molecule has 0 aliphatic heterocycles. The molecule has 0 spiro atoms. The molecule has 4 unspecified atom stereocenters. The summed E-state index contributed by atoms with van der Waals surface area (Å²) < 4.78 is 56.6. The van der Waals surface area contributed by atoms with Crippen molar-refractivity contribution < 1.29 is 40.8 Å². The first-order chi connectivity index (χ1) is 11.4. The van der Waals surface area contributed by atoms with E-state index in [1.54, 1.807) is 0 Å². The van der Waals surface area contributed by atoms with E-state index >= 15 is 0 Å². The summed E-state index contributed by atoms with van der Waals surface area (Å²) in [4.78, 5) is 21.5. The fourth-order valence-electron chi connectivity index (χ4n) is 3.14. The Morgan fingerprint density at radius 1 is 0.920 bits per heavy atom. The molecule has 2 N–H and O–H groups in total. The fraction of sp³-hybridized carbons (Fsp3) is 0.857. The highest BCUT2D eigenvalue weighted by Crippen LogP contribution is 2.31. The van der Waals surface area contributed by atoms with Crippen molar-refractivity contribution in [3.05, 3.63) is 0 Å². The van der Waals surface area contributed by atoms with Crippen LogP contribution < -0.4 is 0 Å². The molecule has 0 aromatic rings. The Balaban J connectivity index is 0.000000251. The molecule has 25 heavy (non-hydrogen) atoms. The first-order valence-electron chi connectivity index (χ1n) is 7.82. The maximum Gasteiger partial charge on any atom is 0.308 e. The van der Waals surface area contributed by atoms with Crippen molar-refractivity contribution in [1.82, 2.24) is 0 Å². The molecule has 0 amide bonds. The third-order valence-electron chi connectivity index (χ3n) is 4.68. The van der Waals surface area contributed by atoms with Crippen molar-refractivity contribution in [2.24, 2.45) is 11.8 Å². The maximum absolute atomic E-state index is 11.1. The highest BCUT2D eigenvalue weighted by molar-refractivity contribution is 7.91.